The Labute approximate surface area is 135 Å². The number of carboxylic acid groups (broad SMARTS) is 1. The summed E-state index contributed by atoms with van der Waals surface area (Å²) < 4.78 is 2.51. The summed E-state index contributed by atoms with van der Waals surface area (Å²) in [6.45, 7) is 5.82. The van der Waals surface area contributed by atoms with E-state index in [1.165, 1.54) is 16.0 Å². The van der Waals surface area contributed by atoms with Crippen LogP contribution in [-0.2, 0) is 4.79 Å². The Morgan fingerprint density at radius 2 is 2.14 bits per heavy atom. The molecule has 21 heavy (non-hydrogen) atoms. The van der Waals surface area contributed by atoms with E-state index in [0.717, 1.165) is 0 Å². The number of hydrogen-bond donors (Lipinski definition) is 1. The average Bonchev–Trinajstić information content (AvgIpc) is 2.90. The zero-order valence-corrected chi connectivity index (χ0v) is 14.0. The van der Waals surface area contributed by atoms with E-state index in [9.17, 15) is 4.79 Å². The van der Waals surface area contributed by atoms with Gasteiger partial charge in [0.2, 0.25) is 0 Å². The van der Waals surface area contributed by atoms with Crippen molar-refractivity contribution in [2.45, 2.75) is 33.2 Å². The quantitative estimate of drug-likeness (QED) is 0.909. The molecule has 0 amide bonds. The maximum atomic E-state index is 11.1. The topological polar surface area (TPSA) is 80.9 Å². The number of aromatic nitrogens is 4. The minimum Gasteiger partial charge on any atom is -0.481 e. The van der Waals surface area contributed by atoms with Gasteiger partial charge in [0, 0.05) is 0 Å². The van der Waals surface area contributed by atoms with Gasteiger partial charge in [0.15, 0.2) is 5.82 Å². The Morgan fingerprint density at radius 3 is 2.62 bits per heavy atom. The Kier molecular flexibility index (Phi) is 4.55. The minimum atomic E-state index is -0.911. The molecular weight excluding hydrogens is 335 g/mol. The zero-order valence-electron chi connectivity index (χ0n) is 11.7. The molecule has 2 aromatic rings. The highest BCUT2D eigenvalue weighted by Gasteiger charge is 2.32. The van der Waals surface area contributed by atoms with Gasteiger partial charge in [0.05, 0.1) is 22.4 Å². The lowest BCUT2D eigenvalue weighted by Crippen LogP contribution is -2.28. The normalized spacial score (nSPS) is 13.4. The summed E-state index contributed by atoms with van der Waals surface area (Å²) in [5.74, 6) is -0.491. The molecule has 0 radical (unpaired) electrons. The van der Waals surface area contributed by atoms with E-state index in [0.29, 0.717) is 20.1 Å². The number of nitrogens with zero attached hydrogens (tertiary/aromatic N) is 4. The predicted molar refractivity (Wildman–Crippen MR) is 81.9 cm³/mol. The Bertz CT molecular complexity index is 663. The molecule has 0 fully saturated rings. The molecule has 9 heteroatoms. The third-order valence-electron chi connectivity index (χ3n) is 3.05. The highest BCUT2D eigenvalue weighted by atomic mass is 35.5. The van der Waals surface area contributed by atoms with Gasteiger partial charge in [-0.2, -0.15) is 0 Å². The van der Waals surface area contributed by atoms with E-state index in [2.05, 4.69) is 15.5 Å². The molecule has 0 aliphatic carbocycles. The molecule has 1 atom stereocenters. The number of halogens is 2. The average molecular weight is 349 g/mol. The predicted octanol–water partition coefficient (Wildman–Crippen LogP) is 3.77. The molecule has 0 aliphatic rings. The largest absolute Gasteiger partial charge is 0.481 e. The van der Waals surface area contributed by atoms with Crippen molar-refractivity contribution in [1.29, 1.82) is 0 Å². The fourth-order valence-corrected chi connectivity index (χ4v) is 3.45. The molecule has 2 rings (SSSR count). The molecule has 114 valence electrons. The fourth-order valence-electron chi connectivity index (χ4n) is 2.00. The van der Waals surface area contributed by atoms with Gasteiger partial charge in [0.1, 0.15) is 4.34 Å². The van der Waals surface area contributed by atoms with Crippen LogP contribution in [0.15, 0.2) is 6.07 Å². The number of hydrogen-bond acceptors (Lipinski definition) is 5. The third-order valence-corrected chi connectivity index (χ3v) is 4.54. The van der Waals surface area contributed by atoms with Gasteiger partial charge in [0.25, 0.3) is 0 Å². The molecule has 0 aliphatic heterocycles. The number of carbonyl (C=O) groups is 1. The van der Waals surface area contributed by atoms with Crippen LogP contribution in [-0.4, -0.2) is 31.3 Å². The molecule has 0 saturated carbocycles. The summed E-state index contributed by atoms with van der Waals surface area (Å²) in [5, 5.41) is 20.7. The van der Waals surface area contributed by atoms with Crippen molar-refractivity contribution in [2.24, 2.45) is 5.41 Å². The van der Waals surface area contributed by atoms with E-state index in [1.54, 1.807) is 6.07 Å². The number of aliphatic carboxylic acids is 1. The van der Waals surface area contributed by atoms with Gasteiger partial charge < -0.3 is 5.11 Å². The van der Waals surface area contributed by atoms with E-state index in [-0.39, 0.29) is 11.8 Å². The zero-order chi connectivity index (χ0) is 15.8. The van der Waals surface area contributed by atoms with E-state index < -0.39 is 12.0 Å². The summed E-state index contributed by atoms with van der Waals surface area (Å²) in [6, 6.07) is 1.27. The van der Waals surface area contributed by atoms with Crippen molar-refractivity contribution < 1.29 is 9.90 Å². The number of tetrazole rings is 1. The van der Waals surface area contributed by atoms with E-state index in [4.69, 9.17) is 28.3 Å². The van der Waals surface area contributed by atoms with Crippen LogP contribution in [0, 0.1) is 5.41 Å². The highest BCUT2D eigenvalue weighted by molar-refractivity contribution is 7.20. The van der Waals surface area contributed by atoms with Gasteiger partial charge >= 0.3 is 5.97 Å². The van der Waals surface area contributed by atoms with Gasteiger partial charge in [-0.25, -0.2) is 4.68 Å². The van der Waals surface area contributed by atoms with E-state index in [1.807, 2.05) is 20.8 Å². The first-order chi connectivity index (χ1) is 9.70. The number of rotatable bonds is 4. The van der Waals surface area contributed by atoms with Crippen LogP contribution in [0.3, 0.4) is 0 Å². The molecule has 2 aromatic heterocycles. The summed E-state index contributed by atoms with van der Waals surface area (Å²) in [7, 11) is 0. The summed E-state index contributed by atoms with van der Waals surface area (Å²) in [5.41, 5.74) is 0.269. The standard InChI is InChI=1S/C12H14Cl2N4O2S/c1-12(2,3)7(5-9(19)20)18-11(15-16-17-18)6-4-8(13)21-10(6)14/h4,7H,5H2,1-3H3,(H,19,20). The lowest BCUT2D eigenvalue weighted by Gasteiger charge is -2.29. The van der Waals surface area contributed by atoms with Crippen molar-refractivity contribution in [3.63, 3.8) is 0 Å². The van der Waals surface area contributed by atoms with Gasteiger partial charge in [-0.15, -0.1) is 16.4 Å². The molecule has 0 bridgehead atoms. The van der Waals surface area contributed by atoms with Crippen LogP contribution in [0.2, 0.25) is 8.67 Å². The van der Waals surface area contributed by atoms with Crippen LogP contribution in [0.5, 0.6) is 0 Å². The van der Waals surface area contributed by atoms with Crippen LogP contribution < -0.4 is 0 Å². The maximum Gasteiger partial charge on any atom is 0.305 e. The highest BCUT2D eigenvalue weighted by Crippen LogP contribution is 2.40. The van der Waals surface area contributed by atoms with Crippen LogP contribution in [0.1, 0.15) is 33.2 Å². The molecule has 6 nitrogen and oxygen atoms in total. The molecule has 0 aromatic carbocycles. The molecule has 1 N–H and O–H groups in total. The van der Waals surface area contributed by atoms with Crippen molar-refractivity contribution in [2.75, 3.05) is 0 Å². The SMILES string of the molecule is CC(C)(C)C(CC(=O)O)n1nnnc1-c1cc(Cl)sc1Cl. The second-order valence-electron chi connectivity index (χ2n) is 5.66. The fraction of sp³-hybridized carbons (Fsp3) is 0.500. The Hall–Kier alpha value is -1.18. The van der Waals surface area contributed by atoms with E-state index >= 15 is 0 Å². The van der Waals surface area contributed by atoms with Gasteiger partial charge in [-0.05, 0) is 21.9 Å². The summed E-state index contributed by atoms with van der Waals surface area (Å²) in [4.78, 5) is 11.1. The molecule has 0 saturated heterocycles. The van der Waals surface area contributed by atoms with Crippen molar-refractivity contribution >= 4 is 40.5 Å². The van der Waals surface area contributed by atoms with Crippen LogP contribution in [0.4, 0.5) is 0 Å². The lowest BCUT2D eigenvalue weighted by atomic mass is 9.84. The maximum absolute atomic E-state index is 11.1. The summed E-state index contributed by atoms with van der Waals surface area (Å²) in [6.07, 6.45) is -0.0863. The Morgan fingerprint density at radius 1 is 1.48 bits per heavy atom. The molecule has 0 spiro atoms. The first-order valence-corrected chi connectivity index (χ1v) is 7.72. The first kappa shape index (κ1) is 16.2. The minimum absolute atomic E-state index is 0.0863. The molecule has 1 unspecified atom stereocenters. The smallest absolute Gasteiger partial charge is 0.305 e. The summed E-state index contributed by atoms with van der Waals surface area (Å²) >= 11 is 13.3. The van der Waals surface area contributed by atoms with Gasteiger partial charge in [-0.3, -0.25) is 4.79 Å². The second kappa shape index (κ2) is 5.90. The van der Waals surface area contributed by atoms with Gasteiger partial charge in [-0.1, -0.05) is 44.0 Å². The second-order valence-corrected chi connectivity index (χ2v) is 7.95. The molecule has 2 heterocycles. The number of thiophene rings is 1. The third kappa shape index (κ3) is 3.53. The van der Waals surface area contributed by atoms with Crippen molar-refractivity contribution in [3.05, 3.63) is 14.7 Å². The number of carboxylic acids is 1. The monoisotopic (exact) mass is 348 g/mol. The Balaban J connectivity index is 2.51. The van der Waals surface area contributed by atoms with Crippen molar-refractivity contribution in [3.8, 4) is 11.4 Å². The van der Waals surface area contributed by atoms with Crippen LogP contribution >= 0.6 is 34.5 Å². The van der Waals surface area contributed by atoms with Crippen molar-refractivity contribution in [1.82, 2.24) is 20.2 Å². The van der Waals surface area contributed by atoms with Crippen LogP contribution in [0.25, 0.3) is 11.4 Å². The first-order valence-electron chi connectivity index (χ1n) is 6.15. The molecular formula is C12H14Cl2N4O2S. The lowest BCUT2D eigenvalue weighted by molar-refractivity contribution is -0.138.